The van der Waals surface area contributed by atoms with Crippen molar-refractivity contribution in [3.8, 4) is 32.4 Å². The fourth-order valence-corrected chi connectivity index (χ4v) is 11.1. The van der Waals surface area contributed by atoms with E-state index < -0.39 is 61.0 Å². The smallest absolute Gasteiger partial charge is 0.309 e. The van der Waals surface area contributed by atoms with Crippen LogP contribution in [-0.2, 0) is 30.8 Å². The van der Waals surface area contributed by atoms with Crippen molar-refractivity contribution in [3.05, 3.63) is 104 Å². The van der Waals surface area contributed by atoms with Gasteiger partial charge in [-0.3, -0.25) is 9.59 Å². The minimum Gasteiger partial charge on any atom is -0.744 e. The van der Waals surface area contributed by atoms with E-state index in [0.717, 1.165) is 20.9 Å². The van der Waals surface area contributed by atoms with Gasteiger partial charge in [0.1, 0.15) is 38.8 Å². The number of hydrogen-bond acceptors (Lipinski definition) is 9. The molecule has 0 radical (unpaired) electrons. The van der Waals surface area contributed by atoms with Gasteiger partial charge < -0.3 is 24.4 Å². The third-order valence-electron chi connectivity index (χ3n) is 10.7. The minimum absolute atomic E-state index is 0.0135. The van der Waals surface area contributed by atoms with Crippen LogP contribution in [0, 0.1) is 17.5 Å². The molecule has 5 heterocycles. The Bertz CT molecular complexity index is 2790. The zero-order valence-corrected chi connectivity index (χ0v) is 32.1. The molecule has 5 aromatic rings. The van der Waals surface area contributed by atoms with Gasteiger partial charge in [-0.05, 0) is 54.4 Å². The number of fused-ring (bicyclic) bond motifs is 8. The van der Waals surface area contributed by atoms with E-state index in [1.807, 2.05) is 60.1 Å². The van der Waals surface area contributed by atoms with E-state index in [-0.39, 0.29) is 59.9 Å². The van der Waals surface area contributed by atoms with Crippen molar-refractivity contribution in [2.45, 2.75) is 56.5 Å². The quantitative estimate of drug-likeness (QED) is 0.0992. The lowest BCUT2D eigenvalue weighted by molar-refractivity contribution is -0.138. The SMILES string of the molecule is CC1(C)c2ccsc2-c2cc3c(cc2N1CCC(=O)O)Oc1cc2c(cc1=C3c1c(F)c(F)cc(F)c1S(=O)(=O)[O-])-c1sccc1C(C)(C)[N+]=2CCC(=O)O. The first-order valence-corrected chi connectivity index (χ1v) is 20.2. The molecule has 0 amide bonds. The number of rotatable bonds is 8. The van der Waals surface area contributed by atoms with Crippen molar-refractivity contribution in [2.75, 3.05) is 18.0 Å². The van der Waals surface area contributed by atoms with Crippen LogP contribution < -0.4 is 24.8 Å². The summed E-state index contributed by atoms with van der Waals surface area (Å²) < 4.78 is 94.0. The van der Waals surface area contributed by atoms with Crippen LogP contribution in [-0.4, -0.2) is 48.2 Å². The highest BCUT2D eigenvalue weighted by Gasteiger charge is 2.43. The van der Waals surface area contributed by atoms with Crippen LogP contribution in [0.25, 0.3) is 26.5 Å². The summed E-state index contributed by atoms with van der Waals surface area (Å²) in [6.07, 6.45) is -0.449. The molecule has 0 unspecified atom stereocenters. The number of carboxylic acid groups (broad SMARTS) is 2. The van der Waals surface area contributed by atoms with Crippen LogP contribution in [0.4, 0.5) is 18.9 Å². The largest absolute Gasteiger partial charge is 0.744 e. The monoisotopic (exact) mass is 808 g/mol. The van der Waals surface area contributed by atoms with Crippen LogP contribution in [0.2, 0.25) is 0 Å². The van der Waals surface area contributed by atoms with E-state index >= 15 is 13.2 Å². The Kier molecular flexibility index (Phi) is 8.39. The number of anilines is 1. The molecule has 3 aliphatic heterocycles. The van der Waals surface area contributed by atoms with Gasteiger partial charge >= 0.3 is 11.9 Å². The molecule has 0 saturated carbocycles. The zero-order chi connectivity index (χ0) is 39.5. The maximum Gasteiger partial charge on any atom is 0.309 e. The van der Waals surface area contributed by atoms with Gasteiger partial charge in [0.05, 0.1) is 28.5 Å². The van der Waals surface area contributed by atoms with Crippen molar-refractivity contribution >= 4 is 56.0 Å². The second kappa shape index (κ2) is 12.5. The summed E-state index contributed by atoms with van der Waals surface area (Å²) in [5, 5.41) is 23.6. The van der Waals surface area contributed by atoms with Crippen molar-refractivity contribution in [3.63, 3.8) is 0 Å². The van der Waals surface area contributed by atoms with Gasteiger partial charge in [-0.1, -0.05) is 0 Å². The lowest BCUT2D eigenvalue weighted by Crippen LogP contribution is -2.49. The highest BCUT2D eigenvalue weighted by Crippen LogP contribution is 2.54. The molecule has 8 rings (SSSR count). The van der Waals surface area contributed by atoms with Crippen LogP contribution in [0.3, 0.4) is 0 Å². The molecule has 2 aromatic heterocycles. The molecular weight excluding hydrogens is 778 g/mol. The second-order valence-corrected chi connectivity index (χ2v) is 17.7. The number of aliphatic carboxylic acids is 2. The van der Waals surface area contributed by atoms with Gasteiger partial charge in [-0.2, -0.15) is 0 Å². The predicted molar refractivity (Wildman–Crippen MR) is 199 cm³/mol. The molecule has 0 aliphatic carbocycles. The molecule has 3 aromatic carbocycles. The molecule has 0 fully saturated rings. The van der Waals surface area contributed by atoms with Crippen LogP contribution in [0.5, 0.6) is 11.5 Å². The summed E-state index contributed by atoms with van der Waals surface area (Å²) in [6.45, 7) is 7.89. The molecule has 0 saturated heterocycles. The van der Waals surface area contributed by atoms with Gasteiger partial charge in [-0.25, -0.2) is 26.2 Å². The standard InChI is InChI=1S/C39H31F3N2O8S3/c1-38(2)22-7-11-53-35(22)18-13-20-28(16-26(18)43(38)9-5-30(45)46)52-29-17-27-19(36-23(8-12-54-36)39(3,4)44(27)10-6-31(47)48)14-21(29)32(20)33-34(42)24(40)15-25(41)37(33)55(49,50)51/h7-8,11-17H,5-6,9-10H2,1-4H3,(H2-,45,46,47,48,49,50,51). The maximum absolute atomic E-state index is 16.4. The highest BCUT2D eigenvalue weighted by molar-refractivity contribution is 7.85. The lowest BCUT2D eigenvalue weighted by Gasteiger charge is -2.45. The zero-order valence-electron chi connectivity index (χ0n) is 29.6. The molecule has 0 atom stereocenters. The fraction of sp³-hybridized carbons (Fsp3) is 0.256. The minimum atomic E-state index is -5.77. The van der Waals surface area contributed by atoms with Crippen molar-refractivity contribution in [2.24, 2.45) is 0 Å². The first-order chi connectivity index (χ1) is 25.8. The number of carbonyl (C=O) groups is 2. The summed E-state index contributed by atoms with van der Waals surface area (Å²) in [6, 6.07) is 10.2. The average molecular weight is 809 g/mol. The fourth-order valence-electron chi connectivity index (χ4n) is 8.19. The predicted octanol–water partition coefficient (Wildman–Crippen LogP) is 6.56. The number of nitrogens with zero attached hydrogens (tertiary/aromatic N) is 2. The molecule has 10 nitrogen and oxygen atoms in total. The summed E-state index contributed by atoms with van der Waals surface area (Å²) in [7, 11) is -5.77. The Balaban J connectivity index is 1.55. The van der Waals surface area contributed by atoms with Crippen molar-refractivity contribution < 1.29 is 50.7 Å². The lowest BCUT2D eigenvalue weighted by atomic mass is 9.82. The van der Waals surface area contributed by atoms with E-state index in [1.54, 1.807) is 24.3 Å². The number of halogens is 3. The molecule has 55 heavy (non-hydrogen) atoms. The summed E-state index contributed by atoms with van der Waals surface area (Å²) in [5.41, 5.74) is 0.496. The van der Waals surface area contributed by atoms with Crippen LogP contribution >= 0.6 is 22.7 Å². The van der Waals surface area contributed by atoms with E-state index in [1.165, 1.54) is 22.7 Å². The van der Waals surface area contributed by atoms with Gasteiger partial charge in [-0.15, -0.1) is 22.7 Å². The van der Waals surface area contributed by atoms with Gasteiger partial charge in [0.25, 0.3) is 0 Å². The Morgan fingerprint density at radius 3 is 2.16 bits per heavy atom. The van der Waals surface area contributed by atoms with E-state index in [9.17, 15) is 32.8 Å². The maximum atomic E-state index is 16.4. The third-order valence-corrected chi connectivity index (χ3v) is 13.5. The van der Waals surface area contributed by atoms with Gasteiger partial charge in [0, 0.05) is 76.1 Å². The molecule has 0 spiro atoms. The Morgan fingerprint density at radius 1 is 0.855 bits per heavy atom. The number of benzene rings is 3. The van der Waals surface area contributed by atoms with Crippen LogP contribution in [0.1, 0.15) is 62.8 Å². The van der Waals surface area contributed by atoms with Gasteiger partial charge in [0.2, 0.25) is 5.36 Å². The van der Waals surface area contributed by atoms with Crippen molar-refractivity contribution in [1.29, 1.82) is 0 Å². The molecule has 284 valence electrons. The summed E-state index contributed by atoms with van der Waals surface area (Å²) >= 11 is 2.77. The molecule has 16 heteroatoms. The molecule has 2 N–H and O–H groups in total. The van der Waals surface area contributed by atoms with Gasteiger partial charge in [0.15, 0.2) is 23.7 Å². The highest BCUT2D eigenvalue weighted by atomic mass is 32.2. The third kappa shape index (κ3) is 5.59. The van der Waals surface area contributed by atoms with Crippen molar-refractivity contribution in [1.82, 2.24) is 4.58 Å². The first-order valence-electron chi connectivity index (χ1n) is 17.0. The van der Waals surface area contributed by atoms with E-state index in [0.29, 0.717) is 22.2 Å². The normalized spacial score (nSPS) is 16.0. The Labute approximate surface area is 320 Å². The second-order valence-electron chi connectivity index (χ2n) is 14.6. The van der Waals surface area contributed by atoms with E-state index in [2.05, 4.69) is 0 Å². The number of carboxylic acids is 2. The number of hydrogen-bond donors (Lipinski definition) is 2. The number of ether oxygens (including phenoxy) is 1. The summed E-state index contributed by atoms with van der Waals surface area (Å²) in [4.78, 5) is 25.5. The molecule has 0 bridgehead atoms. The Morgan fingerprint density at radius 2 is 1.51 bits per heavy atom. The topological polar surface area (TPSA) is 147 Å². The summed E-state index contributed by atoms with van der Waals surface area (Å²) in [5.74, 6) is -7.29. The first kappa shape index (κ1) is 36.9. The van der Waals surface area contributed by atoms with Crippen LogP contribution in [0.15, 0.2) is 58.1 Å². The Hall–Kier alpha value is -5.03. The average Bonchev–Trinajstić information content (AvgIpc) is 3.79. The molecular formula is C39H31F3N2O8S3. The van der Waals surface area contributed by atoms with E-state index in [4.69, 9.17) is 4.74 Å². The molecule has 3 aliphatic rings. The number of thiophene rings is 2.